The standard InChI is InChI=1S/C21H25N5OS2/c1-14-5-10-18(11-15(14)2)23-20-24-26(21(28)29-20)13-25(4)12-16-6-8-17(9-7-16)19(27)22-3/h5-11H,12-13H2,1-4H3,(H,22,27)(H,23,24). The molecule has 1 amide bonds. The SMILES string of the molecule is CNC(=O)c1ccc(CN(C)Cn2nc(Nc3ccc(C)c(C)c3)sc2=S)cc1. The van der Waals surface area contributed by atoms with Gasteiger partial charge in [-0.25, -0.2) is 4.68 Å². The Morgan fingerprint density at radius 3 is 2.55 bits per heavy atom. The molecule has 0 bridgehead atoms. The van der Waals surface area contributed by atoms with E-state index in [0.29, 0.717) is 12.2 Å². The van der Waals surface area contributed by atoms with Gasteiger partial charge in [0.2, 0.25) is 5.13 Å². The summed E-state index contributed by atoms with van der Waals surface area (Å²) in [6, 6.07) is 13.9. The van der Waals surface area contributed by atoms with Crippen LogP contribution in [0.15, 0.2) is 42.5 Å². The number of aryl methyl sites for hydroxylation is 2. The van der Waals surface area contributed by atoms with E-state index in [9.17, 15) is 4.79 Å². The summed E-state index contributed by atoms with van der Waals surface area (Å²) in [6.07, 6.45) is 0. The van der Waals surface area contributed by atoms with Crippen LogP contribution in [-0.4, -0.2) is 34.7 Å². The quantitative estimate of drug-likeness (QED) is 0.544. The van der Waals surface area contributed by atoms with Gasteiger partial charge in [-0.05, 0) is 74.1 Å². The van der Waals surface area contributed by atoms with Crippen LogP contribution < -0.4 is 10.6 Å². The number of aromatic nitrogens is 2. The Bertz CT molecular complexity index is 1060. The van der Waals surface area contributed by atoms with E-state index in [4.69, 9.17) is 12.2 Å². The van der Waals surface area contributed by atoms with Crippen LogP contribution in [0.25, 0.3) is 0 Å². The maximum atomic E-state index is 11.6. The fraction of sp³-hybridized carbons (Fsp3) is 0.286. The van der Waals surface area contributed by atoms with Crippen LogP contribution in [0.3, 0.4) is 0 Å². The van der Waals surface area contributed by atoms with Gasteiger partial charge in [0, 0.05) is 24.8 Å². The van der Waals surface area contributed by atoms with Gasteiger partial charge in [-0.3, -0.25) is 9.69 Å². The van der Waals surface area contributed by atoms with Gasteiger partial charge in [0.05, 0.1) is 6.67 Å². The maximum absolute atomic E-state index is 11.6. The van der Waals surface area contributed by atoms with Crippen molar-refractivity contribution in [2.24, 2.45) is 0 Å². The molecule has 0 saturated carbocycles. The second kappa shape index (κ2) is 9.30. The average Bonchev–Trinajstić information content (AvgIpc) is 3.03. The van der Waals surface area contributed by atoms with Crippen molar-refractivity contribution in [1.29, 1.82) is 0 Å². The monoisotopic (exact) mass is 427 g/mol. The second-order valence-corrected chi connectivity index (χ2v) is 8.65. The molecule has 1 aromatic heterocycles. The topological polar surface area (TPSA) is 62.2 Å². The summed E-state index contributed by atoms with van der Waals surface area (Å²) >= 11 is 6.95. The van der Waals surface area contributed by atoms with Crippen molar-refractivity contribution < 1.29 is 4.79 Å². The van der Waals surface area contributed by atoms with E-state index in [2.05, 4.69) is 46.6 Å². The molecule has 0 unspecified atom stereocenters. The van der Waals surface area contributed by atoms with Gasteiger partial charge in [0.15, 0.2) is 3.95 Å². The zero-order valence-electron chi connectivity index (χ0n) is 17.0. The molecule has 2 N–H and O–H groups in total. The summed E-state index contributed by atoms with van der Waals surface area (Å²) in [4.78, 5) is 13.8. The van der Waals surface area contributed by atoms with Gasteiger partial charge in [-0.1, -0.05) is 29.5 Å². The highest BCUT2D eigenvalue weighted by Gasteiger charge is 2.09. The molecule has 0 atom stereocenters. The van der Waals surface area contributed by atoms with E-state index in [1.54, 1.807) is 7.05 Å². The largest absolute Gasteiger partial charge is 0.355 e. The van der Waals surface area contributed by atoms with Gasteiger partial charge in [0.25, 0.3) is 5.91 Å². The highest BCUT2D eigenvalue weighted by molar-refractivity contribution is 7.73. The van der Waals surface area contributed by atoms with Crippen molar-refractivity contribution in [3.63, 3.8) is 0 Å². The minimum atomic E-state index is -0.0810. The molecule has 3 aromatic rings. The van der Waals surface area contributed by atoms with Gasteiger partial charge in [0.1, 0.15) is 0 Å². The molecule has 0 saturated heterocycles. The number of rotatable bonds is 7. The Morgan fingerprint density at radius 1 is 1.17 bits per heavy atom. The van der Waals surface area contributed by atoms with Gasteiger partial charge in [-0.15, -0.1) is 5.10 Å². The molecule has 8 heteroatoms. The third-order valence-electron chi connectivity index (χ3n) is 4.64. The molecule has 6 nitrogen and oxygen atoms in total. The Hall–Kier alpha value is -2.55. The highest BCUT2D eigenvalue weighted by Crippen LogP contribution is 2.22. The number of nitrogens with zero attached hydrogens (tertiary/aromatic N) is 3. The van der Waals surface area contributed by atoms with Gasteiger partial charge in [-0.2, -0.15) is 0 Å². The second-order valence-electron chi connectivity index (χ2n) is 7.03. The lowest BCUT2D eigenvalue weighted by atomic mass is 10.1. The molecule has 29 heavy (non-hydrogen) atoms. The summed E-state index contributed by atoms with van der Waals surface area (Å²) < 4.78 is 2.54. The Balaban J connectivity index is 1.63. The van der Waals surface area contributed by atoms with Gasteiger partial charge >= 0.3 is 0 Å². The number of nitrogens with one attached hydrogen (secondary N) is 2. The lowest BCUT2D eigenvalue weighted by molar-refractivity contribution is 0.0963. The normalized spacial score (nSPS) is 10.9. The zero-order chi connectivity index (χ0) is 21.0. The first-order valence-electron chi connectivity index (χ1n) is 9.27. The van der Waals surface area contributed by atoms with Crippen molar-refractivity contribution >= 4 is 40.3 Å². The molecule has 0 fully saturated rings. The highest BCUT2D eigenvalue weighted by atomic mass is 32.1. The van der Waals surface area contributed by atoms with Gasteiger partial charge < -0.3 is 10.6 Å². The fourth-order valence-corrected chi connectivity index (χ4v) is 3.90. The molecule has 3 rings (SSSR count). The summed E-state index contributed by atoms with van der Waals surface area (Å²) in [5.41, 5.74) is 5.28. The molecule has 1 heterocycles. The number of amides is 1. The summed E-state index contributed by atoms with van der Waals surface area (Å²) in [5, 5.41) is 11.4. The molecule has 0 aliphatic heterocycles. The fourth-order valence-electron chi connectivity index (χ4n) is 2.89. The predicted octanol–water partition coefficient (Wildman–Crippen LogP) is 4.48. The average molecular weight is 428 g/mol. The third-order valence-corrected chi connectivity index (χ3v) is 5.86. The lowest BCUT2D eigenvalue weighted by Crippen LogP contribution is -2.22. The van der Waals surface area contributed by atoms with Crippen LogP contribution >= 0.6 is 23.6 Å². The number of anilines is 2. The Morgan fingerprint density at radius 2 is 1.90 bits per heavy atom. The van der Waals surface area contributed by atoms with Crippen molar-refractivity contribution in [1.82, 2.24) is 20.0 Å². The molecule has 0 radical (unpaired) electrons. The Labute approximate surface area is 180 Å². The van der Waals surface area contributed by atoms with Crippen LogP contribution in [0, 0.1) is 17.8 Å². The lowest BCUT2D eigenvalue weighted by Gasteiger charge is -2.16. The third kappa shape index (κ3) is 5.50. The summed E-state index contributed by atoms with van der Waals surface area (Å²) in [7, 11) is 3.65. The van der Waals surface area contributed by atoms with E-state index in [0.717, 1.165) is 26.9 Å². The molecule has 0 aliphatic rings. The van der Waals surface area contributed by atoms with Crippen LogP contribution in [0.5, 0.6) is 0 Å². The minimum absolute atomic E-state index is 0.0810. The maximum Gasteiger partial charge on any atom is 0.251 e. The summed E-state index contributed by atoms with van der Waals surface area (Å²) in [5.74, 6) is -0.0810. The minimum Gasteiger partial charge on any atom is -0.355 e. The van der Waals surface area contributed by atoms with Crippen molar-refractivity contribution in [3.8, 4) is 0 Å². The number of benzene rings is 2. The predicted molar refractivity (Wildman–Crippen MR) is 121 cm³/mol. The molecular weight excluding hydrogens is 402 g/mol. The van der Waals surface area contributed by atoms with E-state index in [1.165, 1.54) is 22.5 Å². The molecular formula is C21H25N5OS2. The smallest absolute Gasteiger partial charge is 0.251 e. The number of hydrogen-bond donors (Lipinski definition) is 2. The van der Waals surface area contributed by atoms with E-state index >= 15 is 0 Å². The number of carbonyl (C=O) groups excluding carboxylic acids is 1. The van der Waals surface area contributed by atoms with Crippen LogP contribution in [-0.2, 0) is 13.2 Å². The molecule has 0 aliphatic carbocycles. The first-order valence-corrected chi connectivity index (χ1v) is 10.5. The van der Waals surface area contributed by atoms with E-state index in [-0.39, 0.29) is 5.91 Å². The van der Waals surface area contributed by atoms with Crippen LogP contribution in [0.2, 0.25) is 0 Å². The van der Waals surface area contributed by atoms with Crippen molar-refractivity contribution in [2.75, 3.05) is 19.4 Å². The molecule has 2 aromatic carbocycles. The Kier molecular flexibility index (Phi) is 6.79. The first kappa shape index (κ1) is 21.2. The number of carbonyl (C=O) groups is 1. The van der Waals surface area contributed by atoms with Crippen LogP contribution in [0.1, 0.15) is 27.0 Å². The van der Waals surface area contributed by atoms with Crippen molar-refractivity contribution in [3.05, 3.63) is 68.7 Å². The molecule has 0 spiro atoms. The molecule has 152 valence electrons. The van der Waals surface area contributed by atoms with E-state index < -0.39 is 0 Å². The van der Waals surface area contributed by atoms with Crippen molar-refractivity contribution in [2.45, 2.75) is 27.1 Å². The summed E-state index contributed by atoms with van der Waals surface area (Å²) in [6.45, 7) is 5.51. The van der Waals surface area contributed by atoms with E-state index in [1.807, 2.05) is 42.1 Å². The first-order chi connectivity index (χ1) is 13.9. The zero-order valence-corrected chi connectivity index (χ0v) is 18.7. The van der Waals surface area contributed by atoms with Crippen LogP contribution in [0.4, 0.5) is 10.8 Å². The number of hydrogen-bond acceptors (Lipinski definition) is 6.